The molecule has 9 heteroatoms. The number of benzene rings is 1. The fourth-order valence-corrected chi connectivity index (χ4v) is 3.29. The van der Waals surface area contributed by atoms with E-state index in [1.807, 2.05) is 24.5 Å². The van der Waals surface area contributed by atoms with Crippen molar-refractivity contribution in [3.63, 3.8) is 0 Å². The summed E-state index contributed by atoms with van der Waals surface area (Å²) < 4.78 is 1.94. The zero-order valence-electron chi connectivity index (χ0n) is 16.3. The lowest BCUT2D eigenvalue weighted by molar-refractivity contribution is -0.139. The molecule has 154 valence electrons. The van der Waals surface area contributed by atoms with E-state index in [1.165, 1.54) is 6.21 Å². The van der Waals surface area contributed by atoms with Gasteiger partial charge in [0, 0.05) is 40.9 Å². The maximum absolute atomic E-state index is 11.9. The van der Waals surface area contributed by atoms with Gasteiger partial charge in [0.15, 0.2) is 0 Å². The van der Waals surface area contributed by atoms with Crippen molar-refractivity contribution in [2.24, 2.45) is 5.10 Å². The van der Waals surface area contributed by atoms with Gasteiger partial charge in [0.1, 0.15) is 0 Å². The third kappa shape index (κ3) is 5.06. The minimum absolute atomic E-state index is 0.222. The third-order valence-electron chi connectivity index (χ3n) is 4.40. The van der Waals surface area contributed by atoms with E-state index >= 15 is 0 Å². The first-order valence-corrected chi connectivity index (χ1v) is 9.77. The van der Waals surface area contributed by atoms with Crippen LogP contribution in [0.2, 0.25) is 10.0 Å². The van der Waals surface area contributed by atoms with E-state index in [-0.39, 0.29) is 6.54 Å². The van der Waals surface area contributed by atoms with Gasteiger partial charge in [0.2, 0.25) is 0 Å². The van der Waals surface area contributed by atoms with Gasteiger partial charge in [0.05, 0.1) is 16.9 Å². The first kappa shape index (κ1) is 21.5. The SMILES string of the molecule is Cc1cc(/C=N\NC(=O)C(=O)NCc2ccncc2)c(C)n1-c1cc(Cl)ccc1Cl. The van der Waals surface area contributed by atoms with Gasteiger partial charge in [-0.1, -0.05) is 23.2 Å². The standard InChI is InChI=1S/C21H19Cl2N5O2/c1-13-9-16(14(2)28(13)19-10-17(22)3-4-18(19)23)12-26-27-21(30)20(29)25-11-15-5-7-24-8-6-15/h3-10,12H,11H2,1-2H3,(H,25,29)(H,27,30)/b26-12-. The van der Waals surface area contributed by atoms with E-state index < -0.39 is 11.8 Å². The Kier molecular flexibility index (Phi) is 6.87. The molecule has 0 unspecified atom stereocenters. The van der Waals surface area contributed by atoms with Gasteiger partial charge in [-0.15, -0.1) is 0 Å². The van der Waals surface area contributed by atoms with Crippen LogP contribution < -0.4 is 10.7 Å². The summed E-state index contributed by atoms with van der Waals surface area (Å²) in [7, 11) is 0. The Bertz CT molecular complexity index is 1110. The highest BCUT2D eigenvalue weighted by Gasteiger charge is 2.14. The van der Waals surface area contributed by atoms with Gasteiger partial charge in [-0.05, 0) is 55.8 Å². The lowest BCUT2D eigenvalue weighted by Gasteiger charge is -2.12. The minimum Gasteiger partial charge on any atom is -0.344 e. The van der Waals surface area contributed by atoms with E-state index in [1.54, 1.807) is 42.7 Å². The zero-order valence-corrected chi connectivity index (χ0v) is 17.8. The summed E-state index contributed by atoms with van der Waals surface area (Å²) in [5.74, 6) is -1.63. The minimum atomic E-state index is -0.855. The molecule has 0 radical (unpaired) electrons. The Labute approximate surface area is 183 Å². The molecule has 0 spiro atoms. The van der Waals surface area contributed by atoms with Crippen LogP contribution in [-0.2, 0) is 16.1 Å². The van der Waals surface area contributed by atoms with Crippen LogP contribution >= 0.6 is 23.2 Å². The smallest absolute Gasteiger partial charge is 0.329 e. The summed E-state index contributed by atoms with van der Waals surface area (Å²) in [4.78, 5) is 27.7. The van der Waals surface area contributed by atoms with Crippen molar-refractivity contribution < 1.29 is 9.59 Å². The summed E-state index contributed by atoms with van der Waals surface area (Å²) >= 11 is 12.4. The summed E-state index contributed by atoms with van der Waals surface area (Å²) in [6.07, 6.45) is 4.70. The second-order valence-electron chi connectivity index (χ2n) is 6.49. The maximum Gasteiger partial charge on any atom is 0.329 e. The molecule has 0 saturated heterocycles. The number of aromatic nitrogens is 2. The quantitative estimate of drug-likeness (QED) is 0.358. The Morgan fingerprint density at radius 2 is 1.83 bits per heavy atom. The van der Waals surface area contributed by atoms with Crippen molar-refractivity contribution in [1.82, 2.24) is 20.3 Å². The van der Waals surface area contributed by atoms with Crippen molar-refractivity contribution in [3.05, 3.63) is 81.4 Å². The monoisotopic (exact) mass is 443 g/mol. The van der Waals surface area contributed by atoms with Gasteiger partial charge in [0.25, 0.3) is 0 Å². The molecular formula is C21H19Cl2N5O2. The summed E-state index contributed by atoms with van der Waals surface area (Å²) in [6, 6.07) is 10.6. The highest BCUT2D eigenvalue weighted by atomic mass is 35.5. The Balaban J connectivity index is 1.66. The fourth-order valence-electron chi connectivity index (χ4n) is 2.92. The molecule has 0 fully saturated rings. The molecule has 2 aromatic heterocycles. The van der Waals surface area contributed by atoms with Gasteiger partial charge >= 0.3 is 11.8 Å². The second kappa shape index (κ2) is 9.56. The molecule has 0 atom stereocenters. The van der Waals surface area contributed by atoms with Crippen LogP contribution in [0.1, 0.15) is 22.5 Å². The predicted octanol–water partition coefficient (Wildman–Crippen LogP) is 3.56. The average molecular weight is 444 g/mol. The number of pyridine rings is 1. The number of halogens is 2. The number of hydrazone groups is 1. The fraction of sp³-hybridized carbons (Fsp3) is 0.143. The number of nitrogens with one attached hydrogen (secondary N) is 2. The third-order valence-corrected chi connectivity index (χ3v) is 4.95. The summed E-state index contributed by atoms with van der Waals surface area (Å²) in [5.41, 5.74) is 6.36. The molecule has 3 rings (SSSR count). The number of rotatable bonds is 5. The molecule has 0 aliphatic carbocycles. The van der Waals surface area contributed by atoms with Gasteiger partial charge in [-0.2, -0.15) is 5.10 Å². The van der Waals surface area contributed by atoms with E-state index in [2.05, 4.69) is 20.8 Å². The molecule has 0 aliphatic heterocycles. The average Bonchev–Trinajstić information content (AvgIpc) is 3.01. The van der Waals surface area contributed by atoms with Crippen molar-refractivity contribution in [2.45, 2.75) is 20.4 Å². The number of carbonyl (C=O) groups excluding carboxylic acids is 2. The number of hydrogen-bond donors (Lipinski definition) is 2. The molecule has 3 aromatic rings. The van der Waals surface area contributed by atoms with Crippen LogP contribution in [0.15, 0.2) is 53.9 Å². The molecule has 2 heterocycles. The summed E-state index contributed by atoms with van der Waals surface area (Å²) in [6.45, 7) is 4.04. The van der Waals surface area contributed by atoms with Crippen LogP contribution in [0.4, 0.5) is 0 Å². The Morgan fingerprint density at radius 3 is 2.57 bits per heavy atom. The topological polar surface area (TPSA) is 88.4 Å². The lowest BCUT2D eigenvalue weighted by Crippen LogP contribution is -2.37. The second-order valence-corrected chi connectivity index (χ2v) is 7.34. The van der Waals surface area contributed by atoms with Gasteiger partial charge in [-0.3, -0.25) is 14.6 Å². The van der Waals surface area contributed by atoms with E-state index in [9.17, 15) is 9.59 Å². The predicted molar refractivity (Wildman–Crippen MR) is 117 cm³/mol. The Morgan fingerprint density at radius 1 is 1.10 bits per heavy atom. The number of aryl methyl sites for hydroxylation is 1. The molecular weight excluding hydrogens is 425 g/mol. The number of nitrogens with zero attached hydrogens (tertiary/aromatic N) is 3. The molecule has 2 N–H and O–H groups in total. The van der Waals surface area contributed by atoms with Crippen LogP contribution in [0.3, 0.4) is 0 Å². The number of hydrogen-bond acceptors (Lipinski definition) is 4. The van der Waals surface area contributed by atoms with Crippen molar-refractivity contribution in [3.8, 4) is 5.69 Å². The Hall–Kier alpha value is -3.16. The molecule has 0 bridgehead atoms. The highest BCUT2D eigenvalue weighted by molar-refractivity contribution is 6.35. The molecule has 7 nitrogen and oxygen atoms in total. The van der Waals surface area contributed by atoms with Crippen molar-refractivity contribution in [1.29, 1.82) is 0 Å². The first-order chi connectivity index (χ1) is 14.4. The van der Waals surface area contributed by atoms with Crippen LogP contribution in [0, 0.1) is 13.8 Å². The largest absolute Gasteiger partial charge is 0.344 e. The lowest BCUT2D eigenvalue weighted by atomic mass is 10.2. The van der Waals surface area contributed by atoms with Crippen molar-refractivity contribution >= 4 is 41.2 Å². The number of amides is 2. The molecule has 0 saturated carbocycles. The van der Waals surface area contributed by atoms with Crippen molar-refractivity contribution in [2.75, 3.05) is 0 Å². The van der Waals surface area contributed by atoms with Crippen LogP contribution in [-0.4, -0.2) is 27.6 Å². The first-order valence-electron chi connectivity index (χ1n) is 9.01. The normalized spacial score (nSPS) is 10.9. The van der Waals surface area contributed by atoms with Crippen LogP contribution in [0.5, 0.6) is 0 Å². The van der Waals surface area contributed by atoms with E-state index in [0.29, 0.717) is 10.0 Å². The zero-order chi connectivity index (χ0) is 21.7. The summed E-state index contributed by atoms with van der Waals surface area (Å²) in [5, 5.41) is 7.55. The van der Waals surface area contributed by atoms with E-state index in [4.69, 9.17) is 23.2 Å². The maximum atomic E-state index is 11.9. The number of carbonyl (C=O) groups is 2. The molecule has 30 heavy (non-hydrogen) atoms. The van der Waals surface area contributed by atoms with Gasteiger partial charge in [-0.25, -0.2) is 5.43 Å². The molecule has 1 aromatic carbocycles. The van der Waals surface area contributed by atoms with E-state index in [0.717, 1.165) is 28.2 Å². The van der Waals surface area contributed by atoms with Crippen LogP contribution in [0.25, 0.3) is 5.69 Å². The highest BCUT2D eigenvalue weighted by Crippen LogP contribution is 2.28. The molecule has 0 aliphatic rings. The molecule has 2 amide bonds. The van der Waals surface area contributed by atoms with Gasteiger partial charge < -0.3 is 9.88 Å².